The zero-order valence-corrected chi connectivity index (χ0v) is 12.1. The van der Waals surface area contributed by atoms with Gasteiger partial charge >= 0.3 is 0 Å². The van der Waals surface area contributed by atoms with Gasteiger partial charge in [0.2, 0.25) is 0 Å². The molecule has 1 aliphatic rings. The number of hydrazine groups is 1. The summed E-state index contributed by atoms with van der Waals surface area (Å²) in [6, 6.07) is 8.89. The molecule has 0 aromatic heterocycles. The summed E-state index contributed by atoms with van der Waals surface area (Å²) >= 11 is 0. The molecular formula is C16H26N2O. The van der Waals surface area contributed by atoms with E-state index in [1.807, 2.05) is 0 Å². The van der Waals surface area contributed by atoms with E-state index in [1.165, 1.54) is 24.0 Å². The first-order valence-electron chi connectivity index (χ1n) is 7.36. The lowest BCUT2D eigenvalue weighted by atomic mass is 9.87. The maximum Gasteiger partial charge on any atom is 0.0851 e. The van der Waals surface area contributed by atoms with E-state index in [4.69, 9.17) is 10.6 Å². The maximum atomic E-state index is 6.10. The minimum absolute atomic E-state index is 0.0750. The number of benzene rings is 1. The van der Waals surface area contributed by atoms with Crippen molar-refractivity contribution >= 4 is 0 Å². The average Bonchev–Trinajstić information content (AvgIpc) is 2.88. The molecule has 1 aromatic carbocycles. The highest BCUT2D eigenvalue weighted by molar-refractivity contribution is 5.23. The molecule has 2 rings (SSSR count). The topological polar surface area (TPSA) is 47.3 Å². The van der Waals surface area contributed by atoms with E-state index in [1.54, 1.807) is 0 Å². The van der Waals surface area contributed by atoms with Crippen molar-refractivity contribution in [3.63, 3.8) is 0 Å². The lowest BCUT2D eigenvalue weighted by Crippen LogP contribution is -2.54. The molecular weight excluding hydrogens is 236 g/mol. The molecule has 1 saturated carbocycles. The predicted octanol–water partition coefficient (Wildman–Crippen LogP) is 2.72. The van der Waals surface area contributed by atoms with Crippen molar-refractivity contribution in [3.05, 3.63) is 35.4 Å². The van der Waals surface area contributed by atoms with E-state index < -0.39 is 0 Å². The molecule has 0 saturated heterocycles. The Morgan fingerprint density at radius 2 is 1.89 bits per heavy atom. The molecule has 0 amide bonds. The standard InChI is InChI=1S/C16H26N2O/c1-3-19-16(10-4-5-11-16)15(18-17)12-14-8-6-13(2)7-9-14/h6-9,15,18H,3-5,10-12,17H2,1-2H3. The van der Waals surface area contributed by atoms with Crippen LogP contribution in [0.2, 0.25) is 0 Å². The van der Waals surface area contributed by atoms with Crippen LogP contribution >= 0.6 is 0 Å². The summed E-state index contributed by atoms with van der Waals surface area (Å²) in [6.07, 6.45) is 5.64. The summed E-state index contributed by atoms with van der Waals surface area (Å²) in [7, 11) is 0. The van der Waals surface area contributed by atoms with Gasteiger partial charge in [-0.05, 0) is 38.7 Å². The fourth-order valence-electron chi connectivity index (χ4n) is 3.21. The Morgan fingerprint density at radius 1 is 1.26 bits per heavy atom. The van der Waals surface area contributed by atoms with Crippen LogP contribution in [0.4, 0.5) is 0 Å². The van der Waals surface area contributed by atoms with Crippen LogP contribution in [0, 0.1) is 6.92 Å². The van der Waals surface area contributed by atoms with Gasteiger partial charge in [0.1, 0.15) is 0 Å². The highest BCUT2D eigenvalue weighted by atomic mass is 16.5. The molecule has 3 nitrogen and oxygen atoms in total. The van der Waals surface area contributed by atoms with Crippen molar-refractivity contribution in [1.29, 1.82) is 0 Å². The van der Waals surface area contributed by atoms with Crippen molar-refractivity contribution in [3.8, 4) is 0 Å². The second kappa shape index (κ2) is 6.51. The highest BCUT2D eigenvalue weighted by Gasteiger charge is 2.41. The molecule has 1 fully saturated rings. The number of aryl methyl sites for hydroxylation is 1. The zero-order chi connectivity index (χ0) is 13.7. The van der Waals surface area contributed by atoms with Gasteiger partial charge in [0.15, 0.2) is 0 Å². The number of nitrogens with one attached hydrogen (secondary N) is 1. The minimum Gasteiger partial charge on any atom is -0.374 e. The molecule has 1 atom stereocenters. The quantitative estimate of drug-likeness (QED) is 0.612. The number of hydrogen-bond donors (Lipinski definition) is 2. The molecule has 3 heteroatoms. The van der Waals surface area contributed by atoms with E-state index in [9.17, 15) is 0 Å². The van der Waals surface area contributed by atoms with Gasteiger partial charge in [-0.1, -0.05) is 42.7 Å². The van der Waals surface area contributed by atoms with Crippen LogP contribution < -0.4 is 11.3 Å². The van der Waals surface area contributed by atoms with Crippen LogP contribution in [0.3, 0.4) is 0 Å². The molecule has 19 heavy (non-hydrogen) atoms. The average molecular weight is 262 g/mol. The second-order valence-electron chi connectivity index (χ2n) is 5.61. The lowest BCUT2D eigenvalue weighted by molar-refractivity contribution is -0.0613. The number of nitrogens with two attached hydrogens (primary N) is 1. The van der Waals surface area contributed by atoms with Crippen LogP contribution in [0.15, 0.2) is 24.3 Å². The number of hydrogen-bond acceptors (Lipinski definition) is 3. The molecule has 0 radical (unpaired) electrons. The van der Waals surface area contributed by atoms with Gasteiger partial charge in [-0.2, -0.15) is 0 Å². The molecule has 0 heterocycles. The van der Waals surface area contributed by atoms with Crippen molar-refractivity contribution in [2.45, 2.75) is 57.6 Å². The fraction of sp³-hybridized carbons (Fsp3) is 0.625. The van der Waals surface area contributed by atoms with E-state index in [0.29, 0.717) is 0 Å². The van der Waals surface area contributed by atoms with E-state index in [2.05, 4.69) is 43.5 Å². The van der Waals surface area contributed by atoms with Gasteiger partial charge in [0.05, 0.1) is 11.6 Å². The molecule has 0 aliphatic heterocycles. The van der Waals surface area contributed by atoms with Crippen molar-refractivity contribution in [1.82, 2.24) is 5.43 Å². The molecule has 0 bridgehead atoms. The summed E-state index contributed by atoms with van der Waals surface area (Å²) in [6.45, 7) is 4.94. The number of ether oxygens (including phenoxy) is 1. The lowest BCUT2D eigenvalue weighted by Gasteiger charge is -2.37. The van der Waals surface area contributed by atoms with Crippen molar-refractivity contribution in [2.75, 3.05) is 6.61 Å². The summed E-state index contributed by atoms with van der Waals surface area (Å²) < 4.78 is 6.10. The third-order valence-electron chi connectivity index (χ3n) is 4.28. The Kier molecular flexibility index (Phi) is 4.97. The van der Waals surface area contributed by atoms with E-state index in [-0.39, 0.29) is 11.6 Å². The first kappa shape index (κ1) is 14.5. The summed E-state index contributed by atoms with van der Waals surface area (Å²) in [5.74, 6) is 5.82. The summed E-state index contributed by atoms with van der Waals surface area (Å²) in [5, 5.41) is 0. The minimum atomic E-state index is -0.0750. The monoisotopic (exact) mass is 262 g/mol. The van der Waals surface area contributed by atoms with Gasteiger partial charge < -0.3 is 4.74 Å². The molecule has 0 spiro atoms. The second-order valence-corrected chi connectivity index (χ2v) is 5.61. The van der Waals surface area contributed by atoms with E-state index in [0.717, 1.165) is 25.9 Å². The first-order chi connectivity index (χ1) is 9.20. The molecule has 1 aliphatic carbocycles. The molecule has 1 aromatic rings. The summed E-state index contributed by atoms with van der Waals surface area (Å²) in [5.41, 5.74) is 5.54. The van der Waals surface area contributed by atoms with Crippen molar-refractivity contribution < 1.29 is 4.74 Å². The SMILES string of the molecule is CCOC1(C(Cc2ccc(C)cc2)NN)CCCC1. The highest BCUT2D eigenvalue weighted by Crippen LogP contribution is 2.37. The van der Waals surface area contributed by atoms with Gasteiger partial charge in [-0.15, -0.1) is 0 Å². The van der Waals surface area contributed by atoms with Gasteiger partial charge in [-0.25, -0.2) is 0 Å². The normalized spacial score (nSPS) is 19.5. The Hall–Kier alpha value is -0.900. The molecule has 106 valence electrons. The fourth-order valence-corrected chi connectivity index (χ4v) is 3.21. The largest absolute Gasteiger partial charge is 0.374 e. The van der Waals surface area contributed by atoms with Crippen LogP contribution in [0.5, 0.6) is 0 Å². The third-order valence-corrected chi connectivity index (χ3v) is 4.28. The third kappa shape index (κ3) is 3.35. The van der Waals surface area contributed by atoms with Gasteiger partial charge in [0, 0.05) is 6.61 Å². The Morgan fingerprint density at radius 3 is 2.42 bits per heavy atom. The Labute approximate surface area is 116 Å². The Balaban J connectivity index is 2.11. The van der Waals surface area contributed by atoms with Crippen molar-refractivity contribution in [2.24, 2.45) is 5.84 Å². The molecule has 1 unspecified atom stereocenters. The van der Waals surface area contributed by atoms with Crippen LogP contribution in [0.1, 0.15) is 43.7 Å². The Bertz CT molecular complexity index is 382. The van der Waals surface area contributed by atoms with Gasteiger partial charge in [0.25, 0.3) is 0 Å². The van der Waals surface area contributed by atoms with Crippen LogP contribution in [0.25, 0.3) is 0 Å². The zero-order valence-electron chi connectivity index (χ0n) is 12.1. The smallest absolute Gasteiger partial charge is 0.0851 e. The van der Waals surface area contributed by atoms with E-state index >= 15 is 0 Å². The van der Waals surface area contributed by atoms with Crippen LogP contribution in [-0.4, -0.2) is 18.2 Å². The van der Waals surface area contributed by atoms with Crippen LogP contribution in [-0.2, 0) is 11.2 Å². The maximum absolute atomic E-state index is 6.10. The number of rotatable bonds is 6. The first-order valence-corrected chi connectivity index (χ1v) is 7.36. The molecule has 3 N–H and O–H groups in total. The predicted molar refractivity (Wildman–Crippen MR) is 78.8 cm³/mol. The summed E-state index contributed by atoms with van der Waals surface area (Å²) in [4.78, 5) is 0. The van der Waals surface area contributed by atoms with Gasteiger partial charge in [-0.3, -0.25) is 11.3 Å².